The molecule has 0 saturated heterocycles. The minimum atomic E-state index is -1.89. The largest absolute Gasteiger partial charge is 0.493 e. The Hall–Kier alpha value is -4.18. The van der Waals surface area contributed by atoms with Gasteiger partial charge < -0.3 is 28.7 Å². The minimum Gasteiger partial charge on any atom is -0.493 e. The predicted molar refractivity (Wildman–Crippen MR) is 160 cm³/mol. The van der Waals surface area contributed by atoms with Crippen molar-refractivity contribution in [1.82, 2.24) is 4.98 Å². The van der Waals surface area contributed by atoms with E-state index in [2.05, 4.69) is 4.98 Å². The number of carbonyl (C=O) groups excluding carboxylic acids is 3. The summed E-state index contributed by atoms with van der Waals surface area (Å²) in [5.74, 6) is -2.57. The maximum Gasteiger partial charge on any atom is 0.380 e. The van der Waals surface area contributed by atoms with Gasteiger partial charge in [-0.25, -0.2) is 9.59 Å². The summed E-state index contributed by atoms with van der Waals surface area (Å²) in [6.07, 6.45) is 3.11. The number of ether oxygens (including phenoxy) is 5. The Morgan fingerprint density at radius 3 is 2.40 bits per heavy atom. The summed E-state index contributed by atoms with van der Waals surface area (Å²) in [6.45, 7) is 7.99. The molecule has 1 aromatic heterocycles. The van der Waals surface area contributed by atoms with E-state index >= 15 is 0 Å². The lowest BCUT2D eigenvalue weighted by Gasteiger charge is -2.36. The van der Waals surface area contributed by atoms with Gasteiger partial charge in [-0.15, -0.1) is 0 Å². The van der Waals surface area contributed by atoms with Gasteiger partial charge >= 0.3 is 17.7 Å². The molecular formula is C33H39NO9. The number of ketones is 1. The van der Waals surface area contributed by atoms with E-state index in [1.54, 1.807) is 32.0 Å². The number of nitrogens with one attached hydrogen (secondary N) is 1. The molecule has 0 saturated carbocycles. The standard InChI is InChI=1S/C33H39NO9/c1-5-11-21-13-9-14-23-28(36)20-33(43-30(21)23,32(38)40-8-4)42-16-10-15-41-29-19-25-24(17-22(29)12-6-2)27(35)18-26(34-25)31(37)39-7-3/h9,13-14,17-19H,5-8,10-12,15-16,20H2,1-4H3,(H,34,35). The predicted octanol–water partition coefficient (Wildman–Crippen LogP) is 5.32. The Morgan fingerprint density at radius 2 is 1.67 bits per heavy atom. The van der Waals surface area contributed by atoms with Crippen molar-refractivity contribution in [3.8, 4) is 11.5 Å². The third kappa shape index (κ3) is 7.07. The first kappa shape index (κ1) is 31.7. The Balaban J connectivity index is 1.50. The molecule has 2 aromatic carbocycles. The van der Waals surface area contributed by atoms with Crippen LogP contribution in [0.2, 0.25) is 0 Å². The number of H-pyrrole nitrogens is 1. The van der Waals surface area contributed by atoms with Gasteiger partial charge in [0.05, 0.1) is 43.9 Å². The molecule has 1 N–H and O–H groups in total. The lowest BCUT2D eigenvalue weighted by molar-refractivity contribution is -0.218. The van der Waals surface area contributed by atoms with Gasteiger partial charge in [0.15, 0.2) is 11.2 Å². The van der Waals surface area contributed by atoms with Gasteiger partial charge in [0.2, 0.25) is 0 Å². The molecule has 230 valence electrons. The number of benzene rings is 2. The van der Waals surface area contributed by atoms with Crippen molar-refractivity contribution < 1.29 is 38.1 Å². The molecule has 10 heteroatoms. The molecule has 0 amide bonds. The van der Waals surface area contributed by atoms with Crippen LogP contribution in [0.25, 0.3) is 10.9 Å². The monoisotopic (exact) mass is 593 g/mol. The lowest BCUT2D eigenvalue weighted by Crippen LogP contribution is -2.52. The van der Waals surface area contributed by atoms with Crippen molar-refractivity contribution in [3.05, 3.63) is 69.0 Å². The molecule has 0 spiro atoms. The molecule has 43 heavy (non-hydrogen) atoms. The second-order valence-corrected chi connectivity index (χ2v) is 10.3. The summed E-state index contributed by atoms with van der Waals surface area (Å²) < 4.78 is 28.6. The van der Waals surface area contributed by atoms with E-state index < -0.39 is 17.7 Å². The van der Waals surface area contributed by atoms with E-state index in [0.29, 0.717) is 47.2 Å². The average molecular weight is 594 g/mol. The molecule has 1 aliphatic heterocycles. The normalized spacial score (nSPS) is 16.0. The fourth-order valence-corrected chi connectivity index (χ4v) is 5.11. The molecular weight excluding hydrogens is 554 g/mol. The van der Waals surface area contributed by atoms with Crippen LogP contribution in [0.3, 0.4) is 0 Å². The van der Waals surface area contributed by atoms with Crippen molar-refractivity contribution in [2.45, 2.75) is 72.0 Å². The highest BCUT2D eigenvalue weighted by atomic mass is 16.7. The molecule has 0 fully saturated rings. The van der Waals surface area contributed by atoms with Gasteiger partial charge in [0.25, 0.3) is 0 Å². The Bertz CT molecular complexity index is 1540. The van der Waals surface area contributed by atoms with Crippen LogP contribution < -0.4 is 14.9 Å². The highest BCUT2D eigenvalue weighted by Gasteiger charge is 2.50. The number of aromatic nitrogens is 1. The van der Waals surface area contributed by atoms with Crippen molar-refractivity contribution >= 4 is 28.6 Å². The zero-order valence-corrected chi connectivity index (χ0v) is 25.2. The maximum atomic E-state index is 13.1. The summed E-state index contributed by atoms with van der Waals surface area (Å²) in [5.41, 5.74) is 2.36. The number of aromatic amines is 1. The number of carbonyl (C=O) groups is 3. The molecule has 1 aliphatic rings. The molecule has 1 atom stereocenters. The average Bonchev–Trinajstić information content (AvgIpc) is 2.98. The molecule has 0 aliphatic carbocycles. The topological polar surface area (TPSA) is 130 Å². The van der Waals surface area contributed by atoms with Crippen LogP contribution in [-0.4, -0.2) is 54.9 Å². The smallest absolute Gasteiger partial charge is 0.380 e. The highest BCUT2D eigenvalue weighted by molar-refractivity contribution is 6.03. The molecule has 2 heterocycles. The van der Waals surface area contributed by atoms with Gasteiger partial charge in [-0.2, -0.15) is 0 Å². The van der Waals surface area contributed by atoms with Crippen molar-refractivity contribution in [2.75, 3.05) is 26.4 Å². The SMILES string of the molecule is CCCc1cc2c(=O)cc(C(=O)OCC)[nH]c2cc1OCCCOC1(C(=O)OCC)CC(=O)c2cccc(CCC)c2O1. The summed E-state index contributed by atoms with van der Waals surface area (Å²) in [4.78, 5) is 54.2. The van der Waals surface area contributed by atoms with Crippen molar-refractivity contribution in [2.24, 2.45) is 0 Å². The Labute approximate surface area is 250 Å². The quantitative estimate of drug-likeness (QED) is 0.195. The zero-order chi connectivity index (χ0) is 31.0. The van der Waals surface area contributed by atoms with Crippen LogP contribution in [0, 0.1) is 0 Å². The number of para-hydroxylation sites is 1. The van der Waals surface area contributed by atoms with Crippen molar-refractivity contribution in [3.63, 3.8) is 0 Å². The number of hydrogen-bond acceptors (Lipinski definition) is 9. The summed E-state index contributed by atoms with van der Waals surface area (Å²) in [6, 6.07) is 10.1. The maximum absolute atomic E-state index is 13.1. The fraction of sp³-hybridized carbons (Fsp3) is 0.455. The van der Waals surface area contributed by atoms with Crippen LogP contribution in [0.5, 0.6) is 11.5 Å². The second-order valence-electron chi connectivity index (χ2n) is 10.3. The molecule has 10 nitrogen and oxygen atoms in total. The van der Waals surface area contributed by atoms with Crippen LogP contribution >= 0.6 is 0 Å². The van der Waals surface area contributed by atoms with Crippen LogP contribution in [0.15, 0.2) is 41.2 Å². The summed E-state index contributed by atoms with van der Waals surface area (Å²) in [5, 5.41) is 0.449. The second kappa shape index (κ2) is 14.3. The number of aryl methyl sites for hydroxylation is 2. The van der Waals surface area contributed by atoms with Crippen LogP contribution in [-0.2, 0) is 31.8 Å². The first-order valence-corrected chi connectivity index (χ1v) is 14.9. The van der Waals surface area contributed by atoms with Crippen LogP contribution in [0.1, 0.15) is 85.4 Å². The highest BCUT2D eigenvalue weighted by Crippen LogP contribution is 2.38. The third-order valence-corrected chi connectivity index (χ3v) is 7.07. The van der Waals surface area contributed by atoms with Crippen LogP contribution in [0.4, 0.5) is 0 Å². The fourth-order valence-electron chi connectivity index (χ4n) is 5.11. The number of pyridine rings is 1. The van der Waals surface area contributed by atoms with Crippen molar-refractivity contribution in [1.29, 1.82) is 0 Å². The number of esters is 2. The van der Waals surface area contributed by atoms with Gasteiger partial charge in [-0.1, -0.05) is 38.8 Å². The Morgan fingerprint density at radius 1 is 0.930 bits per heavy atom. The molecule has 4 rings (SSSR count). The molecule has 3 aromatic rings. The third-order valence-electron chi connectivity index (χ3n) is 7.07. The first-order chi connectivity index (χ1) is 20.8. The summed E-state index contributed by atoms with van der Waals surface area (Å²) >= 11 is 0. The number of fused-ring (bicyclic) bond motifs is 2. The molecule has 0 radical (unpaired) electrons. The Kier molecular flexibility index (Phi) is 10.6. The van der Waals surface area contributed by atoms with E-state index in [1.807, 2.05) is 26.0 Å². The van der Waals surface area contributed by atoms with E-state index in [0.717, 1.165) is 24.0 Å². The number of rotatable bonds is 14. The first-order valence-electron chi connectivity index (χ1n) is 14.9. The van der Waals surface area contributed by atoms with E-state index in [1.165, 1.54) is 6.07 Å². The zero-order valence-electron chi connectivity index (χ0n) is 25.2. The molecule has 0 bridgehead atoms. The number of hydrogen-bond donors (Lipinski definition) is 1. The number of Topliss-reactive ketones (excluding diaryl/α,β-unsaturated/α-hetero) is 1. The van der Waals surface area contributed by atoms with Gasteiger partial charge in [-0.3, -0.25) is 9.59 Å². The minimum absolute atomic E-state index is 0.0535. The summed E-state index contributed by atoms with van der Waals surface area (Å²) in [7, 11) is 0. The van der Waals surface area contributed by atoms with E-state index in [9.17, 15) is 19.2 Å². The van der Waals surface area contributed by atoms with Gasteiger partial charge in [-0.05, 0) is 49.9 Å². The van der Waals surface area contributed by atoms with Gasteiger partial charge in [0.1, 0.15) is 17.2 Å². The molecule has 1 unspecified atom stereocenters. The lowest BCUT2D eigenvalue weighted by atomic mass is 9.94. The van der Waals surface area contributed by atoms with E-state index in [-0.39, 0.29) is 49.8 Å². The van der Waals surface area contributed by atoms with E-state index in [4.69, 9.17) is 23.7 Å². The van der Waals surface area contributed by atoms with Gasteiger partial charge in [0, 0.05) is 23.9 Å².